The number of ether oxygens (including phenoxy) is 1. The van der Waals surface area contributed by atoms with E-state index >= 15 is 0 Å². The van der Waals surface area contributed by atoms with Gasteiger partial charge in [0.15, 0.2) is 0 Å². The van der Waals surface area contributed by atoms with Gasteiger partial charge in [-0.25, -0.2) is 14.5 Å². The maximum Gasteiger partial charge on any atom is 0.420 e. The van der Waals surface area contributed by atoms with Crippen LogP contribution in [-0.4, -0.2) is 39.2 Å². The quantitative estimate of drug-likeness (QED) is 0.609. The van der Waals surface area contributed by atoms with Crippen LogP contribution in [0.2, 0.25) is 0 Å². The minimum atomic E-state index is -1.31. The molecule has 0 saturated heterocycles. The van der Waals surface area contributed by atoms with Crippen LogP contribution < -0.4 is 0 Å². The number of hydrogen-bond acceptors (Lipinski definition) is 3. The Morgan fingerprint density at radius 1 is 1.20 bits per heavy atom. The van der Waals surface area contributed by atoms with Crippen LogP contribution >= 0.6 is 11.6 Å². The van der Waals surface area contributed by atoms with Gasteiger partial charge in [-0.2, -0.15) is 0 Å². The van der Waals surface area contributed by atoms with Crippen molar-refractivity contribution < 1.29 is 19.4 Å². The third-order valence-corrected chi connectivity index (χ3v) is 2.73. The summed E-state index contributed by atoms with van der Waals surface area (Å²) in [7, 11) is 0. The summed E-state index contributed by atoms with van der Waals surface area (Å²) in [6.07, 6.45) is 2.61. The van der Waals surface area contributed by atoms with Crippen molar-refractivity contribution in [3.63, 3.8) is 0 Å². The minimum absolute atomic E-state index is 0.412. The highest BCUT2D eigenvalue weighted by Gasteiger charge is 2.38. The van der Waals surface area contributed by atoms with E-state index in [4.69, 9.17) is 16.3 Å². The standard InChI is InChI=1S/C14H24ClNO4/c1-13(2,3)20-12(19)16(11(17)18)14(4,5)9-7-6-8-10-15/h6,8H,7,9-10H2,1-5H3,(H,17,18)/b8-6+. The summed E-state index contributed by atoms with van der Waals surface area (Å²) in [5, 5.41) is 9.26. The van der Waals surface area contributed by atoms with E-state index in [-0.39, 0.29) is 0 Å². The number of imide groups is 1. The van der Waals surface area contributed by atoms with Gasteiger partial charge in [-0.05, 0) is 47.5 Å². The zero-order valence-electron chi connectivity index (χ0n) is 12.8. The zero-order valence-corrected chi connectivity index (χ0v) is 13.5. The predicted molar refractivity (Wildman–Crippen MR) is 79.3 cm³/mol. The lowest BCUT2D eigenvalue weighted by molar-refractivity contribution is 0.00673. The van der Waals surface area contributed by atoms with E-state index in [0.29, 0.717) is 18.7 Å². The molecule has 0 aliphatic carbocycles. The van der Waals surface area contributed by atoms with Crippen LogP contribution in [0.3, 0.4) is 0 Å². The molecule has 0 fully saturated rings. The van der Waals surface area contributed by atoms with Crippen molar-refractivity contribution in [3.05, 3.63) is 12.2 Å². The van der Waals surface area contributed by atoms with Gasteiger partial charge in [0.2, 0.25) is 0 Å². The number of allylic oxidation sites excluding steroid dienone is 2. The predicted octanol–water partition coefficient (Wildman–Crippen LogP) is 4.26. The van der Waals surface area contributed by atoms with Gasteiger partial charge in [0.05, 0.1) is 5.54 Å². The SMILES string of the molecule is CC(C)(C)OC(=O)N(C(=O)O)C(C)(C)CC/C=C/CCl. The molecule has 2 amide bonds. The molecule has 1 N–H and O–H groups in total. The fourth-order valence-electron chi connectivity index (χ4n) is 1.62. The van der Waals surface area contributed by atoms with Crippen molar-refractivity contribution in [1.82, 2.24) is 4.90 Å². The molecule has 0 aliphatic heterocycles. The third-order valence-electron chi connectivity index (χ3n) is 2.55. The number of nitrogens with zero attached hydrogens (tertiary/aromatic N) is 1. The van der Waals surface area contributed by atoms with Crippen molar-refractivity contribution in [1.29, 1.82) is 0 Å². The highest BCUT2D eigenvalue weighted by atomic mass is 35.5. The normalized spacial score (nSPS) is 12.5. The first-order valence-electron chi connectivity index (χ1n) is 6.48. The number of amides is 2. The molecule has 0 radical (unpaired) electrons. The first-order valence-corrected chi connectivity index (χ1v) is 7.02. The highest BCUT2D eigenvalue weighted by Crippen LogP contribution is 2.24. The van der Waals surface area contributed by atoms with E-state index in [0.717, 1.165) is 4.90 Å². The van der Waals surface area contributed by atoms with Gasteiger partial charge in [0, 0.05) is 5.88 Å². The Labute approximate surface area is 125 Å². The maximum atomic E-state index is 12.0. The Bertz CT molecular complexity index is 372. The summed E-state index contributed by atoms with van der Waals surface area (Å²) in [6.45, 7) is 8.47. The second kappa shape index (κ2) is 7.53. The molecule has 0 bridgehead atoms. The van der Waals surface area contributed by atoms with E-state index in [1.807, 2.05) is 6.08 Å². The second-order valence-corrected chi connectivity index (χ2v) is 6.38. The number of hydrogen-bond donors (Lipinski definition) is 1. The van der Waals surface area contributed by atoms with Crippen molar-refractivity contribution in [2.75, 3.05) is 5.88 Å². The summed E-state index contributed by atoms with van der Waals surface area (Å²) < 4.78 is 5.14. The van der Waals surface area contributed by atoms with Crippen molar-refractivity contribution in [2.45, 2.75) is 58.6 Å². The number of carbonyl (C=O) groups is 2. The van der Waals surface area contributed by atoms with Crippen molar-refractivity contribution >= 4 is 23.8 Å². The molecular formula is C14H24ClNO4. The van der Waals surface area contributed by atoms with Gasteiger partial charge in [-0.15, -0.1) is 11.6 Å². The fraction of sp³-hybridized carbons (Fsp3) is 0.714. The molecular weight excluding hydrogens is 282 g/mol. The highest BCUT2D eigenvalue weighted by molar-refractivity contribution is 6.18. The Morgan fingerprint density at radius 2 is 1.75 bits per heavy atom. The number of halogens is 1. The van der Waals surface area contributed by atoms with Gasteiger partial charge < -0.3 is 9.84 Å². The molecule has 0 unspecified atom stereocenters. The number of carbonyl (C=O) groups excluding carboxylic acids is 1. The average molecular weight is 306 g/mol. The van der Waals surface area contributed by atoms with Crippen LogP contribution in [0.4, 0.5) is 9.59 Å². The number of carboxylic acid groups (broad SMARTS) is 1. The molecule has 0 aromatic carbocycles. The fourth-order valence-corrected chi connectivity index (χ4v) is 1.75. The average Bonchev–Trinajstić information content (AvgIpc) is 2.20. The molecule has 0 aromatic heterocycles. The zero-order chi connectivity index (χ0) is 16.0. The lowest BCUT2D eigenvalue weighted by Gasteiger charge is -2.35. The smallest absolute Gasteiger partial charge is 0.420 e. The molecule has 0 aromatic rings. The molecule has 0 atom stereocenters. The van der Waals surface area contributed by atoms with Crippen LogP contribution in [-0.2, 0) is 4.74 Å². The van der Waals surface area contributed by atoms with E-state index in [2.05, 4.69) is 0 Å². The molecule has 0 spiro atoms. The molecule has 5 nitrogen and oxygen atoms in total. The Hall–Kier alpha value is -1.23. The van der Waals surface area contributed by atoms with Crippen LogP contribution in [0.25, 0.3) is 0 Å². The van der Waals surface area contributed by atoms with Gasteiger partial charge in [0.1, 0.15) is 5.60 Å². The van der Waals surface area contributed by atoms with Crippen molar-refractivity contribution in [3.8, 4) is 0 Å². The van der Waals surface area contributed by atoms with Gasteiger partial charge in [-0.1, -0.05) is 12.2 Å². The summed E-state index contributed by atoms with van der Waals surface area (Å²) in [6, 6.07) is 0. The summed E-state index contributed by atoms with van der Waals surface area (Å²) in [4.78, 5) is 24.1. The Balaban J connectivity index is 4.92. The van der Waals surface area contributed by atoms with E-state index in [9.17, 15) is 14.7 Å². The van der Waals surface area contributed by atoms with E-state index in [1.165, 1.54) is 0 Å². The van der Waals surface area contributed by atoms with Crippen LogP contribution in [0.15, 0.2) is 12.2 Å². The Kier molecular flexibility index (Phi) is 7.06. The summed E-state index contributed by atoms with van der Waals surface area (Å²) in [5.41, 5.74) is -1.59. The van der Waals surface area contributed by atoms with E-state index < -0.39 is 23.3 Å². The second-order valence-electron chi connectivity index (χ2n) is 6.08. The molecule has 0 rings (SSSR count). The lowest BCUT2D eigenvalue weighted by atomic mass is 9.96. The lowest BCUT2D eigenvalue weighted by Crippen LogP contribution is -2.52. The topological polar surface area (TPSA) is 66.8 Å². The largest absolute Gasteiger partial charge is 0.465 e. The van der Waals surface area contributed by atoms with Gasteiger partial charge in [0.25, 0.3) is 0 Å². The Morgan fingerprint density at radius 3 is 2.15 bits per heavy atom. The molecule has 0 aliphatic rings. The maximum absolute atomic E-state index is 12.0. The molecule has 0 heterocycles. The number of alkyl halides is 1. The summed E-state index contributed by atoms with van der Waals surface area (Å²) in [5.74, 6) is 0.412. The van der Waals surface area contributed by atoms with Crippen LogP contribution in [0.5, 0.6) is 0 Å². The summed E-state index contributed by atoms with van der Waals surface area (Å²) >= 11 is 5.52. The molecule has 20 heavy (non-hydrogen) atoms. The van der Waals surface area contributed by atoms with E-state index in [1.54, 1.807) is 40.7 Å². The molecule has 6 heteroatoms. The first kappa shape index (κ1) is 18.8. The monoisotopic (exact) mass is 305 g/mol. The van der Waals surface area contributed by atoms with Crippen molar-refractivity contribution in [2.24, 2.45) is 0 Å². The molecule has 0 saturated carbocycles. The molecule has 116 valence electrons. The van der Waals surface area contributed by atoms with Gasteiger partial charge >= 0.3 is 12.2 Å². The van der Waals surface area contributed by atoms with Gasteiger partial charge in [-0.3, -0.25) is 0 Å². The third kappa shape index (κ3) is 6.80. The van der Waals surface area contributed by atoms with Crippen LogP contribution in [0, 0.1) is 0 Å². The van der Waals surface area contributed by atoms with Crippen LogP contribution in [0.1, 0.15) is 47.5 Å². The number of rotatable bonds is 5. The minimum Gasteiger partial charge on any atom is -0.465 e. The first-order chi connectivity index (χ1) is 9.01.